The van der Waals surface area contributed by atoms with Crippen LogP contribution in [0.4, 0.5) is 0 Å². The largest absolute Gasteiger partial charge is 0.380 e. The van der Waals surface area contributed by atoms with E-state index in [-0.39, 0.29) is 6.17 Å². The molecule has 0 spiro atoms. The number of nitrogens with one attached hydrogen (secondary N) is 3. The highest BCUT2D eigenvalue weighted by molar-refractivity contribution is 5.73. The van der Waals surface area contributed by atoms with Crippen molar-refractivity contribution in [3.8, 4) is 0 Å². The van der Waals surface area contributed by atoms with E-state index in [2.05, 4.69) is 26.1 Å². The summed E-state index contributed by atoms with van der Waals surface area (Å²) < 4.78 is 0. The number of carbonyl (C=O) groups excluding carboxylic acids is 1. The number of hydrogen-bond donors (Lipinski definition) is 3. The lowest BCUT2D eigenvalue weighted by Gasteiger charge is -2.27. The molecule has 1 aromatic heterocycles. The summed E-state index contributed by atoms with van der Waals surface area (Å²) in [6, 6.07) is 1.90. The minimum atomic E-state index is -0.843. The van der Waals surface area contributed by atoms with E-state index in [0.29, 0.717) is 18.6 Å². The van der Waals surface area contributed by atoms with Crippen molar-refractivity contribution >= 4 is 12.1 Å². The molecule has 0 saturated carbocycles. The van der Waals surface area contributed by atoms with E-state index in [1.54, 1.807) is 20.0 Å². The van der Waals surface area contributed by atoms with Crippen LogP contribution >= 0.6 is 0 Å². The Morgan fingerprint density at radius 3 is 2.92 bits per heavy atom. The van der Waals surface area contributed by atoms with Crippen molar-refractivity contribution in [3.63, 3.8) is 0 Å². The first-order valence-corrected chi connectivity index (χ1v) is 8.09. The molecule has 0 aromatic carbocycles. The number of dihydropyridines is 1. The zero-order valence-electron chi connectivity index (χ0n) is 14.5. The lowest BCUT2D eigenvalue weighted by molar-refractivity contribution is -0.110. The first-order valence-electron chi connectivity index (χ1n) is 8.09. The van der Waals surface area contributed by atoms with Crippen molar-refractivity contribution in [3.05, 3.63) is 63.5 Å². The quantitative estimate of drug-likeness (QED) is 0.562. The molecule has 1 amide bonds. The van der Waals surface area contributed by atoms with Crippen LogP contribution in [0.2, 0.25) is 0 Å². The summed E-state index contributed by atoms with van der Waals surface area (Å²) >= 11 is 0. The number of nitrogens with zero attached hydrogens (tertiary/aromatic N) is 2. The zero-order chi connectivity index (χ0) is 18.0. The fourth-order valence-electron chi connectivity index (χ4n) is 2.87. The number of allylic oxidation sites excluding steroid dienone is 1. The Labute approximate surface area is 146 Å². The Morgan fingerprint density at radius 2 is 2.24 bits per heavy atom. The summed E-state index contributed by atoms with van der Waals surface area (Å²) in [5.74, 6) is 0. The molecule has 0 bridgehead atoms. The number of rotatable bonds is 5. The van der Waals surface area contributed by atoms with Gasteiger partial charge < -0.3 is 16.0 Å². The van der Waals surface area contributed by atoms with Crippen LogP contribution in [0.1, 0.15) is 30.7 Å². The molecule has 1 aromatic rings. The molecule has 0 aliphatic carbocycles. The van der Waals surface area contributed by atoms with Gasteiger partial charge in [0.1, 0.15) is 11.7 Å². The van der Waals surface area contributed by atoms with Crippen LogP contribution in [0.3, 0.4) is 0 Å². The van der Waals surface area contributed by atoms with Crippen LogP contribution in [0, 0.1) is 11.8 Å². The Kier molecular flexibility index (Phi) is 4.39. The number of hydrogen-bond acceptors (Lipinski definition) is 6. The Balaban J connectivity index is 1.88. The average molecular weight is 339 g/mol. The molecule has 3 rings (SSSR count). The van der Waals surface area contributed by atoms with E-state index in [4.69, 9.17) is 0 Å². The maximum absolute atomic E-state index is 11.0. The van der Waals surface area contributed by atoms with Crippen molar-refractivity contribution in [1.82, 2.24) is 20.9 Å². The maximum atomic E-state index is 11.0. The van der Waals surface area contributed by atoms with Crippen LogP contribution in [0.15, 0.2) is 46.9 Å². The molecule has 7 nitrogen and oxygen atoms in total. The molecule has 3 heterocycles. The molecule has 7 heteroatoms. The minimum Gasteiger partial charge on any atom is -0.380 e. The van der Waals surface area contributed by atoms with Gasteiger partial charge in [-0.05, 0) is 55.7 Å². The molecule has 25 heavy (non-hydrogen) atoms. The van der Waals surface area contributed by atoms with E-state index in [0.717, 1.165) is 28.0 Å². The molecule has 1 atom stereocenters. The van der Waals surface area contributed by atoms with Gasteiger partial charge in [-0.1, -0.05) is 5.18 Å². The molecular weight excluding hydrogens is 318 g/mol. The SMILES string of the molecule is Cc1cc(C(C)(C)N=O)ncc1C1=CC2=CNC(NC=O)C=C2CN1. The lowest BCUT2D eigenvalue weighted by Crippen LogP contribution is -2.40. The first-order chi connectivity index (χ1) is 11.9. The van der Waals surface area contributed by atoms with Gasteiger partial charge in [0.15, 0.2) is 0 Å². The van der Waals surface area contributed by atoms with Gasteiger partial charge in [-0.2, -0.15) is 0 Å². The summed E-state index contributed by atoms with van der Waals surface area (Å²) in [7, 11) is 0. The molecule has 2 aliphatic heterocycles. The fraction of sp³-hybridized carbons (Fsp3) is 0.333. The second-order valence-electron chi connectivity index (χ2n) is 6.67. The average Bonchev–Trinajstić information content (AvgIpc) is 2.61. The predicted octanol–water partition coefficient (Wildman–Crippen LogP) is 1.82. The van der Waals surface area contributed by atoms with Gasteiger partial charge in [0, 0.05) is 30.2 Å². The Hall–Kier alpha value is -2.96. The van der Waals surface area contributed by atoms with Gasteiger partial charge in [-0.3, -0.25) is 9.78 Å². The van der Waals surface area contributed by atoms with Crippen molar-refractivity contribution in [1.29, 1.82) is 0 Å². The number of amides is 1. The number of aryl methyl sites for hydroxylation is 1. The van der Waals surface area contributed by atoms with Crippen molar-refractivity contribution < 1.29 is 4.79 Å². The number of aromatic nitrogens is 1. The summed E-state index contributed by atoms with van der Waals surface area (Å²) in [6.07, 6.45) is 8.20. The highest BCUT2D eigenvalue weighted by atomic mass is 16.3. The fourth-order valence-corrected chi connectivity index (χ4v) is 2.87. The molecule has 0 fully saturated rings. The molecular formula is C18H21N5O2. The third kappa shape index (κ3) is 3.31. The van der Waals surface area contributed by atoms with Gasteiger partial charge in [0.2, 0.25) is 6.41 Å². The normalized spacial score (nSPS) is 19.3. The lowest BCUT2D eigenvalue weighted by atomic mass is 9.94. The van der Waals surface area contributed by atoms with Crippen LogP contribution in [0.25, 0.3) is 5.70 Å². The van der Waals surface area contributed by atoms with E-state index in [1.165, 1.54) is 0 Å². The van der Waals surface area contributed by atoms with E-state index < -0.39 is 5.54 Å². The van der Waals surface area contributed by atoms with Crippen LogP contribution in [-0.2, 0) is 10.3 Å². The van der Waals surface area contributed by atoms with Crippen LogP contribution < -0.4 is 16.0 Å². The smallest absolute Gasteiger partial charge is 0.208 e. The summed E-state index contributed by atoms with van der Waals surface area (Å²) in [5.41, 5.74) is 4.98. The van der Waals surface area contributed by atoms with Crippen LogP contribution in [-0.4, -0.2) is 24.1 Å². The van der Waals surface area contributed by atoms with Gasteiger partial charge >= 0.3 is 0 Å². The molecule has 3 N–H and O–H groups in total. The second-order valence-corrected chi connectivity index (χ2v) is 6.67. The van der Waals surface area contributed by atoms with Gasteiger partial charge in [0.05, 0.1) is 5.69 Å². The molecule has 0 radical (unpaired) electrons. The maximum Gasteiger partial charge on any atom is 0.208 e. The minimum absolute atomic E-state index is 0.186. The highest BCUT2D eigenvalue weighted by Gasteiger charge is 2.25. The zero-order valence-corrected chi connectivity index (χ0v) is 14.5. The van der Waals surface area contributed by atoms with E-state index in [9.17, 15) is 9.70 Å². The van der Waals surface area contributed by atoms with Gasteiger partial charge in [0.25, 0.3) is 0 Å². The second kappa shape index (κ2) is 6.51. The third-order valence-corrected chi connectivity index (χ3v) is 4.43. The van der Waals surface area contributed by atoms with E-state index >= 15 is 0 Å². The molecule has 130 valence electrons. The molecule has 1 unspecified atom stereocenters. The van der Waals surface area contributed by atoms with Crippen molar-refractivity contribution in [2.75, 3.05) is 6.54 Å². The number of pyridine rings is 1. The van der Waals surface area contributed by atoms with Crippen molar-refractivity contribution in [2.24, 2.45) is 5.18 Å². The topological polar surface area (TPSA) is 95.5 Å². The Bertz CT molecular complexity index is 808. The summed E-state index contributed by atoms with van der Waals surface area (Å²) in [4.78, 5) is 26.0. The van der Waals surface area contributed by atoms with E-state index in [1.807, 2.05) is 31.3 Å². The molecule has 2 aliphatic rings. The van der Waals surface area contributed by atoms with Crippen molar-refractivity contribution in [2.45, 2.75) is 32.5 Å². The summed E-state index contributed by atoms with van der Waals surface area (Å²) in [6.45, 7) is 6.16. The molecule has 0 saturated heterocycles. The number of nitroso groups, excluding NO2 is 1. The highest BCUT2D eigenvalue weighted by Crippen LogP contribution is 2.29. The monoisotopic (exact) mass is 339 g/mol. The summed E-state index contributed by atoms with van der Waals surface area (Å²) in [5, 5.41) is 12.4. The number of fused-ring (bicyclic) bond motifs is 1. The predicted molar refractivity (Wildman–Crippen MR) is 96.1 cm³/mol. The number of carbonyl (C=O) groups is 1. The Morgan fingerprint density at radius 1 is 1.44 bits per heavy atom. The standard InChI is InChI=1S/C18H21N5O2/c1-11-4-16(18(2,3)23-25)20-9-14(11)15-5-12-8-21-17(22-10-24)6-13(12)7-19-15/h4-6,8-10,17,19,21H,7H2,1-3H3,(H,22,24). The van der Waals surface area contributed by atoms with Crippen LogP contribution in [0.5, 0.6) is 0 Å². The first kappa shape index (κ1) is 16.9. The van der Waals surface area contributed by atoms with Gasteiger partial charge in [-0.25, -0.2) is 0 Å². The third-order valence-electron chi connectivity index (χ3n) is 4.43. The van der Waals surface area contributed by atoms with Gasteiger partial charge in [-0.15, -0.1) is 4.91 Å².